The number of aliphatic hydroxyl groups excluding tert-OH is 1. The summed E-state index contributed by atoms with van der Waals surface area (Å²) in [6, 6.07) is -2.14. The molecule has 362 valence electrons. The van der Waals surface area contributed by atoms with E-state index < -0.39 is 78.9 Å². The predicted molar refractivity (Wildman–Crippen MR) is 251 cm³/mol. The van der Waals surface area contributed by atoms with E-state index in [-0.39, 0.29) is 35.6 Å². The highest BCUT2D eigenvalue weighted by Gasteiger charge is 2.34. The molecule has 0 fully saturated rings. The summed E-state index contributed by atoms with van der Waals surface area (Å²) >= 11 is 0. The number of unbranched alkanes of at least 4 members (excludes halogenated alkanes) is 12. The van der Waals surface area contributed by atoms with E-state index in [1.165, 1.54) is 109 Å². The number of hydrogen-bond donors (Lipinski definition) is 7. The van der Waals surface area contributed by atoms with Crippen LogP contribution >= 0.6 is 0 Å². The first kappa shape index (κ1) is 55.6. The number of aliphatic carboxylic acids is 1. The van der Waals surface area contributed by atoms with Crippen molar-refractivity contribution in [1.29, 1.82) is 0 Å². The first-order valence-corrected chi connectivity index (χ1v) is 23.3. The van der Waals surface area contributed by atoms with Crippen LogP contribution < -0.4 is 21.3 Å². The zero-order valence-electron chi connectivity index (χ0n) is 39.8. The number of nitrogens with zero attached hydrogens (tertiary/aromatic N) is 2. The molecule has 1 heterocycles. The molecule has 0 aliphatic carbocycles. The molecule has 2 bridgehead atoms. The molecule has 16 heteroatoms. The largest absolute Gasteiger partial charge is 0.507 e. The molecule has 1 aliphatic heterocycles. The SMILES string of the molecule is C=C(CC)/C1=C\C(=C/C)C[C@@H](C(=O)O)NC(=O)[C@H](C)NC(=O)[C@@H](N(C)C(=O)CNC(=O)[C@@H](C)NC(=O)[C@@H](CO)N(C)C(=O)CCCCCCCCCCCCCCC)c2ccc(O)c1c2. The number of hydrogen-bond acceptors (Lipinski definition) is 9. The summed E-state index contributed by atoms with van der Waals surface area (Å²) in [7, 11) is 2.75. The van der Waals surface area contributed by atoms with Gasteiger partial charge in [0, 0.05) is 32.5 Å². The molecule has 0 radical (unpaired) electrons. The van der Waals surface area contributed by atoms with Crippen molar-refractivity contribution in [2.45, 2.75) is 168 Å². The van der Waals surface area contributed by atoms with Gasteiger partial charge in [0.15, 0.2) is 0 Å². The summed E-state index contributed by atoms with van der Waals surface area (Å²) in [5.74, 6) is -5.63. The number of aliphatic hydroxyl groups is 1. The molecule has 2 rings (SSSR count). The number of amides is 6. The van der Waals surface area contributed by atoms with Crippen LogP contribution in [-0.2, 0) is 33.6 Å². The molecular formula is C49H76N6O10. The standard InChI is InChI=1S/C49H76N6O10/c1-9-12-13-14-15-16-17-18-19-20-21-22-23-24-42(58)54(7)40(31-56)47(62)51-33(5)45(60)50-30-43(59)55(8)44-36-25-26-41(57)38(29-36)37(32(4)10-2)27-35(11-3)28-39(49(64)65)53-46(61)34(6)52-48(44)63/h11,25-27,29,33-34,39-40,44,56-57H,4,9-10,12-24,28,30-31H2,1-3,5-8H3,(H,50,60)(H,51,62)(H,52,63)(H,53,61)(H,64,65)/b35-11+,37-27+/t33-,34+,39+,40-,44+/m1/s1. The predicted octanol–water partition coefficient (Wildman–Crippen LogP) is 5.59. The maximum absolute atomic E-state index is 14.0. The number of allylic oxidation sites excluding steroid dienone is 4. The second-order valence-electron chi connectivity index (χ2n) is 17.0. The lowest BCUT2D eigenvalue weighted by Crippen LogP contribution is -2.55. The van der Waals surface area contributed by atoms with Gasteiger partial charge in [0.25, 0.3) is 0 Å². The highest BCUT2D eigenvalue weighted by Crippen LogP contribution is 2.36. The third kappa shape index (κ3) is 18.1. The van der Waals surface area contributed by atoms with Gasteiger partial charge in [-0.1, -0.05) is 116 Å². The van der Waals surface area contributed by atoms with Gasteiger partial charge in [-0.25, -0.2) is 4.79 Å². The number of carboxylic acid groups (broad SMARTS) is 1. The van der Waals surface area contributed by atoms with Crippen LogP contribution in [0.15, 0.2) is 48.1 Å². The number of fused-ring (bicyclic) bond motifs is 2. The number of likely N-dealkylation sites (N-methyl/N-ethyl adjacent to an activating group) is 2. The third-order valence-electron chi connectivity index (χ3n) is 12.0. The molecule has 65 heavy (non-hydrogen) atoms. The Kier molecular flexibility index (Phi) is 24.9. The number of benzene rings is 1. The number of rotatable bonds is 25. The minimum atomic E-state index is -1.42. The average Bonchev–Trinajstić information content (AvgIpc) is 3.27. The smallest absolute Gasteiger partial charge is 0.326 e. The van der Waals surface area contributed by atoms with Gasteiger partial charge in [-0.15, -0.1) is 0 Å². The van der Waals surface area contributed by atoms with Crippen LogP contribution in [-0.4, -0.2) is 118 Å². The quantitative estimate of drug-likeness (QED) is 0.0601. The molecule has 7 N–H and O–H groups in total. The number of phenols is 1. The van der Waals surface area contributed by atoms with E-state index in [0.717, 1.165) is 24.2 Å². The normalized spacial score (nSPS) is 19.0. The van der Waals surface area contributed by atoms with Crippen LogP contribution in [0.4, 0.5) is 0 Å². The fraction of sp³-hybridized carbons (Fsp3) is 0.612. The molecule has 1 aromatic carbocycles. The topological polar surface area (TPSA) is 235 Å². The number of carbonyl (C=O) groups excluding carboxylic acids is 6. The lowest BCUT2D eigenvalue weighted by Gasteiger charge is -2.30. The lowest BCUT2D eigenvalue weighted by molar-refractivity contribution is -0.143. The van der Waals surface area contributed by atoms with Crippen LogP contribution in [0.3, 0.4) is 0 Å². The van der Waals surface area contributed by atoms with E-state index in [2.05, 4.69) is 34.8 Å². The Labute approximate surface area is 385 Å². The minimum Gasteiger partial charge on any atom is -0.507 e. The molecule has 16 nitrogen and oxygen atoms in total. The number of phenolic OH excluding ortho intramolecular Hbond substituents is 1. The van der Waals surface area contributed by atoms with Crippen LogP contribution in [0.25, 0.3) is 5.57 Å². The Hall–Kier alpha value is -5.51. The second kappa shape index (κ2) is 29.1. The Morgan fingerprint density at radius 3 is 2.00 bits per heavy atom. The molecule has 6 amide bonds. The van der Waals surface area contributed by atoms with Gasteiger partial charge in [0.1, 0.15) is 36.0 Å². The fourth-order valence-electron chi connectivity index (χ4n) is 7.57. The van der Waals surface area contributed by atoms with Gasteiger partial charge in [-0.2, -0.15) is 0 Å². The number of nitrogens with one attached hydrogen (secondary N) is 4. The monoisotopic (exact) mass is 909 g/mol. The van der Waals surface area contributed by atoms with Crippen molar-refractivity contribution in [3.63, 3.8) is 0 Å². The molecular weight excluding hydrogens is 833 g/mol. The Morgan fingerprint density at radius 2 is 1.46 bits per heavy atom. The summed E-state index contributed by atoms with van der Waals surface area (Å²) in [5.41, 5.74) is 2.06. The zero-order chi connectivity index (χ0) is 48.6. The van der Waals surface area contributed by atoms with Crippen molar-refractivity contribution in [2.24, 2.45) is 0 Å². The molecule has 0 saturated carbocycles. The first-order valence-electron chi connectivity index (χ1n) is 23.3. The van der Waals surface area contributed by atoms with Crippen molar-refractivity contribution in [3.8, 4) is 5.75 Å². The molecule has 5 atom stereocenters. The van der Waals surface area contributed by atoms with Gasteiger partial charge < -0.3 is 46.4 Å². The Balaban J connectivity index is 2.12. The van der Waals surface area contributed by atoms with E-state index >= 15 is 0 Å². The third-order valence-corrected chi connectivity index (χ3v) is 12.0. The fourth-order valence-corrected chi connectivity index (χ4v) is 7.57. The summed E-state index contributed by atoms with van der Waals surface area (Å²) < 4.78 is 0. The average molecular weight is 909 g/mol. The van der Waals surface area contributed by atoms with Crippen LogP contribution in [0.1, 0.15) is 155 Å². The maximum atomic E-state index is 14.0. The second-order valence-corrected chi connectivity index (χ2v) is 17.0. The van der Waals surface area contributed by atoms with Gasteiger partial charge in [0.2, 0.25) is 35.4 Å². The minimum absolute atomic E-state index is 0.106. The molecule has 0 saturated heterocycles. The molecule has 0 spiro atoms. The van der Waals surface area contributed by atoms with E-state index in [4.69, 9.17) is 0 Å². The molecule has 1 aromatic rings. The van der Waals surface area contributed by atoms with Crippen molar-refractivity contribution >= 4 is 47.0 Å². The summed E-state index contributed by atoms with van der Waals surface area (Å²) in [6.45, 7) is 11.4. The molecule has 0 aromatic heterocycles. The van der Waals surface area contributed by atoms with Gasteiger partial charge in [-0.05, 0) is 68.0 Å². The Bertz CT molecular complexity index is 1860. The molecule has 0 unspecified atom stereocenters. The van der Waals surface area contributed by atoms with Crippen molar-refractivity contribution in [2.75, 3.05) is 27.2 Å². The van der Waals surface area contributed by atoms with Gasteiger partial charge in [0.05, 0.1) is 13.2 Å². The highest BCUT2D eigenvalue weighted by molar-refractivity contribution is 5.96. The number of aromatic hydroxyl groups is 1. The summed E-state index contributed by atoms with van der Waals surface area (Å²) in [5, 5.41) is 41.1. The zero-order valence-corrected chi connectivity index (χ0v) is 39.8. The van der Waals surface area contributed by atoms with E-state index in [1.54, 1.807) is 19.1 Å². The van der Waals surface area contributed by atoms with Crippen LogP contribution in [0.5, 0.6) is 5.75 Å². The van der Waals surface area contributed by atoms with Crippen molar-refractivity contribution in [1.82, 2.24) is 31.1 Å². The summed E-state index contributed by atoms with van der Waals surface area (Å²) in [4.78, 5) is 94.7. The number of carboxylic acids is 1. The van der Waals surface area contributed by atoms with Gasteiger partial charge >= 0.3 is 5.97 Å². The van der Waals surface area contributed by atoms with Crippen LogP contribution in [0.2, 0.25) is 0 Å². The van der Waals surface area contributed by atoms with E-state index in [9.17, 15) is 48.9 Å². The van der Waals surface area contributed by atoms with Gasteiger partial charge in [-0.3, -0.25) is 28.8 Å². The van der Waals surface area contributed by atoms with Crippen molar-refractivity contribution < 1.29 is 48.9 Å². The first-order chi connectivity index (χ1) is 30.9. The summed E-state index contributed by atoms with van der Waals surface area (Å²) in [6.07, 6.45) is 19.1. The lowest BCUT2D eigenvalue weighted by atomic mass is 9.90. The van der Waals surface area contributed by atoms with Crippen LogP contribution in [0, 0.1) is 0 Å². The Morgan fingerprint density at radius 1 is 0.877 bits per heavy atom. The van der Waals surface area contributed by atoms with E-state index in [0.29, 0.717) is 29.6 Å². The molecule has 1 aliphatic rings. The highest BCUT2D eigenvalue weighted by atomic mass is 16.4. The number of carbonyl (C=O) groups is 7. The maximum Gasteiger partial charge on any atom is 0.326 e. The van der Waals surface area contributed by atoms with E-state index in [1.807, 2.05) is 6.92 Å². The van der Waals surface area contributed by atoms with Crippen molar-refractivity contribution in [3.05, 3.63) is 59.2 Å².